The summed E-state index contributed by atoms with van der Waals surface area (Å²) in [5, 5.41) is 17.5. The first-order chi connectivity index (χ1) is 16.8. The van der Waals surface area contributed by atoms with Crippen molar-refractivity contribution in [3.8, 4) is 11.1 Å². The summed E-state index contributed by atoms with van der Waals surface area (Å²) in [6.45, 7) is 1.96. The average molecular weight is 476 g/mol. The molecule has 1 fully saturated rings. The highest BCUT2D eigenvalue weighted by atomic mass is 19.1. The second kappa shape index (κ2) is 9.26. The number of fused-ring (bicyclic) bond motifs is 1. The molecule has 2 atom stereocenters. The lowest BCUT2D eigenvalue weighted by molar-refractivity contribution is 0.0718. The number of aliphatic hydroxyl groups is 1. The molecule has 7 nitrogen and oxygen atoms in total. The summed E-state index contributed by atoms with van der Waals surface area (Å²) < 4.78 is 18.7. The number of nitrogens with one attached hydrogen (secondary N) is 1. The Balaban J connectivity index is 1.49. The van der Waals surface area contributed by atoms with Crippen LogP contribution in [0.4, 0.5) is 4.39 Å². The lowest BCUT2D eigenvalue weighted by Gasteiger charge is -2.28. The third kappa shape index (κ3) is 4.46. The molecule has 0 unspecified atom stereocenters. The van der Waals surface area contributed by atoms with Gasteiger partial charge < -0.3 is 15.0 Å². The van der Waals surface area contributed by atoms with Crippen molar-refractivity contribution in [2.45, 2.75) is 51.2 Å². The lowest BCUT2D eigenvalue weighted by atomic mass is 9.91. The summed E-state index contributed by atoms with van der Waals surface area (Å²) in [6, 6.07) is 6.79. The minimum atomic E-state index is -0.535. The van der Waals surface area contributed by atoms with Crippen molar-refractivity contribution < 1.29 is 14.3 Å². The molecule has 5 rings (SSSR count). The Bertz CT molecular complexity index is 1410. The summed E-state index contributed by atoms with van der Waals surface area (Å²) in [4.78, 5) is 17.9. The van der Waals surface area contributed by atoms with Gasteiger partial charge in [0.1, 0.15) is 5.82 Å². The Hall–Kier alpha value is -3.52. The van der Waals surface area contributed by atoms with Crippen LogP contribution in [-0.2, 0) is 20.5 Å². The van der Waals surface area contributed by atoms with Crippen LogP contribution in [-0.4, -0.2) is 42.5 Å². The number of aromatic nitrogens is 4. The second-order valence-corrected chi connectivity index (χ2v) is 9.58. The zero-order valence-corrected chi connectivity index (χ0v) is 20.3. The Morgan fingerprint density at radius 2 is 1.97 bits per heavy atom. The summed E-state index contributed by atoms with van der Waals surface area (Å²) in [6.07, 6.45) is 8.46. The minimum absolute atomic E-state index is 0.238. The van der Waals surface area contributed by atoms with Gasteiger partial charge in [-0.25, -0.2) is 9.37 Å². The highest BCUT2D eigenvalue weighted by Gasteiger charge is 2.27. The number of hydrogen-bond donors (Lipinski definition) is 2. The number of amides is 1. The van der Waals surface area contributed by atoms with E-state index >= 15 is 4.39 Å². The fraction of sp³-hybridized carbons (Fsp3) is 0.370. The van der Waals surface area contributed by atoms with Gasteiger partial charge >= 0.3 is 0 Å². The van der Waals surface area contributed by atoms with Gasteiger partial charge in [0.2, 0.25) is 0 Å². The van der Waals surface area contributed by atoms with Crippen LogP contribution in [0.25, 0.3) is 22.2 Å². The van der Waals surface area contributed by atoms with Crippen LogP contribution in [0.3, 0.4) is 0 Å². The molecule has 0 saturated heterocycles. The lowest BCUT2D eigenvalue weighted by Crippen LogP contribution is -2.45. The van der Waals surface area contributed by atoms with Gasteiger partial charge in [-0.2, -0.15) is 5.10 Å². The van der Waals surface area contributed by atoms with Crippen LogP contribution in [0.2, 0.25) is 0 Å². The summed E-state index contributed by atoms with van der Waals surface area (Å²) in [7, 11) is 3.69. The van der Waals surface area contributed by atoms with E-state index in [-0.39, 0.29) is 17.8 Å². The van der Waals surface area contributed by atoms with E-state index in [4.69, 9.17) is 0 Å². The topological polar surface area (TPSA) is 85.0 Å². The Morgan fingerprint density at radius 1 is 1.17 bits per heavy atom. The molecule has 0 aliphatic heterocycles. The quantitative estimate of drug-likeness (QED) is 0.456. The number of benzene rings is 2. The summed E-state index contributed by atoms with van der Waals surface area (Å²) >= 11 is 0. The van der Waals surface area contributed by atoms with Gasteiger partial charge in [0.25, 0.3) is 5.91 Å². The van der Waals surface area contributed by atoms with E-state index in [1.165, 1.54) is 6.07 Å². The molecule has 8 heteroatoms. The van der Waals surface area contributed by atoms with Gasteiger partial charge in [-0.1, -0.05) is 25.0 Å². The predicted octanol–water partition coefficient (Wildman–Crippen LogP) is 4.05. The molecule has 1 saturated carbocycles. The molecule has 0 radical (unpaired) electrons. The SMILES string of the molecule is Cc1c(Cc2ccc(-c3cnn(C)c3)cc2F)cc(C(=O)N[C@H]2CCCC[C@@H]2O)c2c1ncn2C. The van der Waals surface area contributed by atoms with Crippen molar-refractivity contribution in [1.29, 1.82) is 0 Å². The molecule has 182 valence electrons. The molecular formula is C27H30FN5O2. The van der Waals surface area contributed by atoms with Crippen molar-refractivity contribution in [3.63, 3.8) is 0 Å². The van der Waals surface area contributed by atoms with Crippen LogP contribution in [0, 0.1) is 12.7 Å². The van der Waals surface area contributed by atoms with Crippen LogP contribution < -0.4 is 5.32 Å². The zero-order valence-electron chi connectivity index (χ0n) is 20.3. The fourth-order valence-electron chi connectivity index (χ4n) is 5.05. The predicted molar refractivity (Wildman–Crippen MR) is 133 cm³/mol. The number of nitrogens with zero attached hydrogens (tertiary/aromatic N) is 4. The fourth-order valence-corrected chi connectivity index (χ4v) is 5.05. The van der Waals surface area contributed by atoms with Gasteiger partial charge in [-0.05, 0) is 54.2 Å². The van der Waals surface area contributed by atoms with Crippen molar-refractivity contribution in [2.24, 2.45) is 14.1 Å². The van der Waals surface area contributed by atoms with Crippen LogP contribution in [0.1, 0.15) is 52.7 Å². The number of carbonyl (C=O) groups is 1. The number of aliphatic hydroxyl groups excluding tert-OH is 1. The monoisotopic (exact) mass is 475 g/mol. The molecule has 0 spiro atoms. The molecule has 1 amide bonds. The number of rotatable bonds is 5. The normalized spacial score (nSPS) is 18.2. The molecule has 4 aromatic rings. The van der Waals surface area contributed by atoms with E-state index < -0.39 is 6.10 Å². The van der Waals surface area contributed by atoms with Gasteiger partial charge in [0.05, 0.1) is 41.3 Å². The highest BCUT2D eigenvalue weighted by Crippen LogP contribution is 2.29. The Kier molecular flexibility index (Phi) is 6.15. The molecule has 1 aliphatic rings. The molecule has 0 bridgehead atoms. The van der Waals surface area contributed by atoms with Crippen molar-refractivity contribution in [3.05, 3.63) is 71.1 Å². The van der Waals surface area contributed by atoms with E-state index in [0.717, 1.165) is 52.5 Å². The maximum Gasteiger partial charge on any atom is 0.253 e. The second-order valence-electron chi connectivity index (χ2n) is 9.58. The molecule has 2 heterocycles. The standard InChI is InChI=1S/C27H30FN5O2/c1-16-19(10-18-9-8-17(12-22(18)28)20-13-30-33(3)14-20)11-21(26-25(16)29-15-32(26)2)27(35)31-23-6-4-5-7-24(23)34/h8-9,11-15,23-24,34H,4-7,10H2,1-3H3,(H,31,35)/t23-,24-/m0/s1. The van der Waals surface area contributed by atoms with Crippen molar-refractivity contribution >= 4 is 16.9 Å². The highest BCUT2D eigenvalue weighted by molar-refractivity contribution is 6.06. The van der Waals surface area contributed by atoms with Crippen molar-refractivity contribution in [2.75, 3.05) is 0 Å². The minimum Gasteiger partial charge on any atom is -0.391 e. The Morgan fingerprint density at radius 3 is 2.69 bits per heavy atom. The number of aryl methyl sites for hydroxylation is 3. The number of hydrogen-bond acceptors (Lipinski definition) is 4. The first kappa shape index (κ1) is 23.2. The Labute approximate surface area is 203 Å². The average Bonchev–Trinajstić information content (AvgIpc) is 3.44. The first-order valence-electron chi connectivity index (χ1n) is 12.0. The zero-order chi connectivity index (χ0) is 24.7. The van der Waals surface area contributed by atoms with Gasteiger partial charge in [-0.15, -0.1) is 0 Å². The molecule has 35 heavy (non-hydrogen) atoms. The maximum absolute atomic E-state index is 15.1. The third-order valence-electron chi connectivity index (χ3n) is 7.11. The van der Waals surface area contributed by atoms with Gasteiger partial charge in [-0.3, -0.25) is 9.48 Å². The van der Waals surface area contributed by atoms with E-state index in [9.17, 15) is 9.90 Å². The smallest absolute Gasteiger partial charge is 0.253 e. The van der Waals surface area contributed by atoms with Crippen molar-refractivity contribution in [1.82, 2.24) is 24.6 Å². The molecule has 1 aliphatic carbocycles. The number of carbonyl (C=O) groups excluding carboxylic acids is 1. The maximum atomic E-state index is 15.1. The number of imidazole rings is 1. The van der Waals surface area contributed by atoms with Crippen LogP contribution in [0.15, 0.2) is 43.0 Å². The summed E-state index contributed by atoms with van der Waals surface area (Å²) in [5.74, 6) is -0.540. The molecule has 2 aromatic heterocycles. The van der Waals surface area contributed by atoms with Gasteiger partial charge in [0, 0.05) is 32.3 Å². The van der Waals surface area contributed by atoms with Crippen LogP contribution in [0.5, 0.6) is 0 Å². The van der Waals surface area contributed by atoms with E-state index in [2.05, 4.69) is 15.4 Å². The first-order valence-corrected chi connectivity index (χ1v) is 12.0. The largest absolute Gasteiger partial charge is 0.391 e. The molecular weight excluding hydrogens is 445 g/mol. The third-order valence-corrected chi connectivity index (χ3v) is 7.11. The van der Waals surface area contributed by atoms with Crippen LogP contribution >= 0.6 is 0 Å². The summed E-state index contributed by atoms with van der Waals surface area (Å²) in [5.41, 5.74) is 5.89. The van der Waals surface area contributed by atoms with E-state index in [1.807, 2.05) is 43.9 Å². The van der Waals surface area contributed by atoms with E-state index in [0.29, 0.717) is 24.0 Å². The van der Waals surface area contributed by atoms with E-state index in [1.54, 1.807) is 23.3 Å². The van der Waals surface area contributed by atoms with Gasteiger partial charge in [0.15, 0.2) is 0 Å². The molecule has 2 N–H and O–H groups in total. The molecule has 2 aromatic carbocycles. The number of halogens is 1.